The second-order valence-corrected chi connectivity index (χ2v) is 4.09. The van der Waals surface area contributed by atoms with Crippen molar-refractivity contribution in [1.82, 2.24) is 0 Å². The van der Waals surface area contributed by atoms with Gasteiger partial charge in [-0.15, -0.1) is 0 Å². The molecule has 1 heteroatoms. The fourth-order valence-corrected chi connectivity index (χ4v) is 1.60. The smallest absolute Gasteiger partial charge is 0.00234 e. The minimum Gasteiger partial charge on any atom is -0.0988 e. The third kappa shape index (κ3) is 4.04. The summed E-state index contributed by atoms with van der Waals surface area (Å²) in [5, 5.41) is 0. The van der Waals surface area contributed by atoms with E-state index in [1.54, 1.807) is 0 Å². The van der Waals surface area contributed by atoms with Crippen molar-refractivity contribution in [2.45, 2.75) is 13.3 Å². The van der Waals surface area contributed by atoms with Crippen LogP contribution in [-0.2, 0) is 6.42 Å². The lowest BCUT2D eigenvalue weighted by molar-refractivity contribution is 1.16. The molecule has 1 aromatic rings. The second kappa shape index (κ2) is 6.62. The van der Waals surface area contributed by atoms with Crippen LogP contribution in [0.3, 0.4) is 0 Å². The SMILES string of the molecule is C=C/C(=C\C=C/I)Cc1ccccc1C. The van der Waals surface area contributed by atoms with Gasteiger partial charge in [-0.3, -0.25) is 0 Å². The van der Waals surface area contributed by atoms with Gasteiger partial charge in [-0.05, 0) is 34.1 Å². The van der Waals surface area contributed by atoms with E-state index < -0.39 is 0 Å². The quantitative estimate of drug-likeness (QED) is 0.563. The maximum absolute atomic E-state index is 3.84. The molecule has 0 aromatic heterocycles. The highest BCUT2D eigenvalue weighted by Gasteiger charge is 1.98. The number of hydrogen-bond donors (Lipinski definition) is 0. The van der Waals surface area contributed by atoms with Crippen molar-refractivity contribution >= 4 is 22.6 Å². The predicted molar refractivity (Wildman–Crippen MR) is 76.3 cm³/mol. The summed E-state index contributed by atoms with van der Waals surface area (Å²) in [6, 6.07) is 8.46. The molecular weight excluding hydrogens is 295 g/mol. The maximum Gasteiger partial charge on any atom is -0.00234 e. The lowest BCUT2D eigenvalue weighted by atomic mass is 10.0. The molecule has 0 aliphatic rings. The van der Waals surface area contributed by atoms with E-state index in [0.29, 0.717) is 0 Å². The van der Waals surface area contributed by atoms with Crippen molar-refractivity contribution in [3.05, 3.63) is 69.9 Å². The highest BCUT2D eigenvalue weighted by Crippen LogP contribution is 2.13. The van der Waals surface area contributed by atoms with Crippen molar-refractivity contribution in [3.8, 4) is 0 Å². The van der Waals surface area contributed by atoms with Crippen LogP contribution in [-0.4, -0.2) is 0 Å². The first-order valence-corrected chi connectivity index (χ1v) is 6.15. The van der Waals surface area contributed by atoms with E-state index in [9.17, 15) is 0 Å². The van der Waals surface area contributed by atoms with Crippen LogP contribution in [0.5, 0.6) is 0 Å². The van der Waals surface area contributed by atoms with E-state index in [0.717, 1.165) is 6.42 Å². The Bertz CT molecular complexity index is 386. The number of benzene rings is 1. The molecule has 0 N–H and O–H groups in total. The molecule has 0 fully saturated rings. The molecule has 0 aliphatic heterocycles. The number of allylic oxidation sites excluding steroid dienone is 4. The number of rotatable bonds is 4. The molecule has 78 valence electrons. The van der Waals surface area contributed by atoms with Gasteiger partial charge >= 0.3 is 0 Å². The monoisotopic (exact) mass is 310 g/mol. The van der Waals surface area contributed by atoms with Gasteiger partial charge in [0, 0.05) is 0 Å². The minimum atomic E-state index is 0.956. The molecule has 15 heavy (non-hydrogen) atoms. The van der Waals surface area contributed by atoms with Crippen molar-refractivity contribution in [2.24, 2.45) is 0 Å². The first-order chi connectivity index (χ1) is 7.27. The molecule has 0 saturated heterocycles. The Morgan fingerprint density at radius 3 is 2.73 bits per heavy atom. The fourth-order valence-electron chi connectivity index (χ4n) is 1.39. The Morgan fingerprint density at radius 2 is 2.13 bits per heavy atom. The third-order valence-electron chi connectivity index (χ3n) is 2.30. The van der Waals surface area contributed by atoms with E-state index in [1.165, 1.54) is 16.7 Å². The first kappa shape index (κ1) is 12.2. The van der Waals surface area contributed by atoms with Gasteiger partial charge in [-0.1, -0.05) is 71.7 Å². The standard InChI is InChI=1S/C14H15I/c1-3-13(8-6-10-15)11-14-9-5-4-7-12(14)2/h3-10H,1,11H2,2H3/b10-6-,13-8+. The van der Waals surface area contributed by atoms with Gasteiger partial charge in [0.25, 0.3) is 0 Å². The molecule has 0 atom stereocenters. The highest BCUT2D eigenvalue weighted by molar-refractivity contribution is 14.1. The summed E-state index contributed by atoms with van der Waals surface area (Å²) < 4.78 is 2.00. The average Bonchev–Trinajstić information content (AvgIpc) is 2.26. The molecule has 0 radical (unpaired) electrons. The third-order valence-corrected chi connectivity index (χ3v) is 2.72. The molecule has 0 nitrogen and oxygen atoms in total. The predicted octanol–water partition coefficient (Wildman–Crippen LogP) is 4.60. The fraction of sp³-hybridized carbons (Fsp3) is 0.143. The summed E-state index contributed by atoms with van der Waals surface area (Å²) in [5.74, 6) is 0. The molecule has 1 rings (SSSR count). The molecule has 0 aliphatic carbocycles. The number of aryl methyl sites for hydroxylation is 1. The maximum atomic E-state index is 3.84. The first-order valence-electron chi connectivity index (χ1n) is 4.90. The van der Waals surface area contributed by atoms with E-state index in [4.69, 9.17) is 0 Å². The molecule has 0 unspecified atom stereocenters. The van der Waals surface area contributed by atoms with Crippen LogP contribution in [0.2, 0.25) is 0 Å². The van der Waals surface area contributed by atoms with Gasteiger partial charge in [0.05, 0.1) is 0 Å². The van der Waals surface area contributed by atoms with Crippen LogP contribution < -0.4 is 0 Å². The topological polar surface area (TPSA) is 0 Å². The lowest BCUT2D eigenvalue weighted by Crippen LogP contribution is -1.90. The van der Waals surface area contributed by atoms with E-state index in [1.807, 2.05) is 16.2 Å². The van der Waals surface area contributed by atoms with E-state index >= 15 is 0 Å². The molecular formula is C14H15I. The summed E-state index contributed by atoms with van der Waals surface area (Å²) in [6.45, 7) is 5.98. The zero-order valence-corrected chi connectivity index (χ0v) is 11.1. The summed E-state index contributed by atoms with van der Waals surface area (Å²) >= 11 is 2.22. The van der Waals surface area contributed by atoms with Crippen LogP contribution in [0, 0.1) is 6.92 Å². The molecule has 0 saturated carbocycles. The average molecular weight is 310 g/mol. The molecule has 0 heterocycles. The molecule has 0 amide bonds. The summed E-state index contributed by atoms with van der Waals surface area (Å²) in [5.41, 5.74) is 3.95. The van der Waals surface area contributed by atoms with Gasteiger partial charge < -0.3 is 0 Å². The Balaban J connectivity index is 2.84. The van der Waals surface area contributed by atoms with Gasteiger partial charge in [-0.2, -0.15) is 0 Å². The highest BCUT2D eigenvalue weighted by atomic mass is 127. The van der Waals surface area contributed by atoms with Crippen molar-refractivity contribution in [2.75, 3.05) is 0 Å². The largest absolute Gasteiger partial charge is 0.0988 e. The minimum absolute atomic E-state index is 0.956. The van der Waals surface area contributed by atoms with Crippen molar-refractivity contribution in [3.63, 3.8) is 0 Å². The summed E-state index contributed by atoms with van der Waals surface area (Å²) in [6.07, 6.45) is 7.02. The summed E-state index contributed by atoms with van der Waals surface area (Å²) in [4.78, 5) is 0. The normalized spacial score (nSPS) is 12.0. The summed E-state index contributed by atoms with van der Waals surface area (Å²) in [7, 11) is 0. The zero-order valence-electron chi connectivity index (χ0n) is 8.91. The van der Waals surface area contributed by atoms with Crippen LogP contribution >= 0.6 is 22.6 Å². The van der Waals surface area contributed by atoms with Crippen molar-refractivity contribution in [1.29, 1.82) is 0 Å². The Kier molecular flexibility index (Phi) is 5.40. The Labute approximate surface area is 106 Å². The van der Waals surface area contributed by atoms with E-state index in [2.05, 4.69) is 66.4 Å². The van der Waals surface area contributed by atoms with Crippen LogP contribution in [0.4, 0.5) is 0 Å². The second-order valence-electron chi connectivity index (χ2n) is 3.37. The van der Waals surface area contributed by atoms with Crippen LogP contribution in [0.1, 0.15) is 11.1 Å². The molecule has 1 aromatic carbocycles. The van der Waals surface area contributed by atoms with E-state index in [-0.39, 0.29) is 0 Å². The van der Waals surface area contributed by atoms with Gasteiger partial charge in [0.15, 0.2) is 0 Å². The molecule has 0 bridgehead atoms. The van der Waals surface area contributed by atoms with Crippen LogP contribution in [0.25, 0.3) is 0 Å². The Hall–Kier alpha value is -0.830. The van der Waals surface area contributed by atoms with Gasteiger partial charge in [0.2, 0.25) is 0 Å². The Morgan fingerprint density at radius 1 is 1.40 bits per heavy atom. The van der Waals surface area contributed by atoms with Gasteiger partial charge in [-0.25, -0.2) is 0 Å². The van der Waals surface area contributed by atoms with Crippen molar-refractivity contribution < 1.29 is 0 Å². The van der Waals surface area contributed by atoms with Crippen LogP contribution in [0.15, 0.2) is 58.7 Å². The lowest BCUT2D eigenvalue weighted by Gasteiger charge is -2.05. The van der Waals surface area contributed by atoms with Gasteiger partial charge in [0.1, 0.15) is 0 Å². The zero-order chi connectivity index (χ0) is 11.1. The molecule has 0 spiro atoms. The number of hydrogen-bond acceptors (Lipinski definition) is 0. The number of halogens is 1.